The van der Waals surface area contributed by atoms with Gasteiger partial charge in [-0.05, 0) is 24.1 Å². The largest absolute Gasteiger partial charge is 0.508 e. The van der Waals surface area contributed by atoms with Crippen LogP contribution in [0.4, 0.5) is 13.2 Å². The minimum atomic E-state index is -4.12. The molecule has 2 rings (SSSR count). The number of aromatic nitrogens is 2. The first kappa shape index (κ1) is 13.5. The van der Waals surface area contributed by atoms with Crippen molar-refractivity contribution in [1.82, 2.24) is 9.78 Å². The van der Waals surface area contributed by atoms with E-state index in [-0.39, 0.29) is 18.7 Å². The van der Waals surface area contributed by atoms with Gasteiger partial charge in [-0.25, -0.2) is 0 Å². The third kappa shape index (κ3) is 4.01. The van der Waals surface area contributed by atoms with Crippen molar-refractivity contribution >= 4 is 0 Å². The SMILES string of the molecule is Oc1ccc(-c2cnn(CCCC(F)(F)F)c2)cc1. The summed E-state index contributed by atoms with van der Waals surface area (Å²) in [5, 5.41) is 13.2. The monoisotopic (exact) mass is 270 g/mol. The Balaban J connectivity index is 1.97. The molecular formula is C13H13F3N2O. The maximum Gasteiger partial charge on any atom is 0.389 e. The predicted molar refractivity (Wildman–Crippen MR) is 64.6 cm³/mol. The molecule has 1 aromatic carbocycles. The highest BCUT2D eigenvalue weighted by Crippen LogP contribution is 2.23. The van der Waals surface area contributed by atoms with Gasteiger partial charge in [0.15, 0.2) is 0 Å². The van der Waals surface area contributed by atoms with Gasteiger partial charge in [-0.2, -0.15) is 18.3 Å². The minimum absolute atomic E-state index is 0.0141. The fourth-order valence-corrected chi connectivity index (χ4v) is 1.73. The van der Waals surface area contributed by atoms with E-state index in [9.17, 15) is 18.3 Å². The van der Waals surface area contributed by atoms with E-state index in [1.165, 1.54) is 4.68 Å². The van der Waals surface area contributed by atoms with Gasteiger partial charge in [0.25, 0.3) is 0 Å². The van der Waals surface area contributed by atoms with Crippen LogP contribution < -0.4 is 0 Å². The Morgan fingerprint density at radius 2 is 1.79 bits per heavy atom. The summed E-state index contributed by atoms with van der Waals surface area (Å²) in [6.07, 6.45) is -1.61. The summed E-state index contributed by atoms with van der Waals surface area (Å²) in [6, 6.07) is 6.56. The molecule has 102 valence electrons. The Bertz CT molecular complexity index is 532. The van der Waals surface area contributed by atoms with E-state index < -0.39 is 12.6 Å². The van der Waals surface area contributed by atoms with E-state index in [2.05, 4.69) is 5.10 Å². The highest BCUT2D eigenvalue weighted by Gasteiger charge is 2.26. The van der Waals surface area contributed by atoms with Crippen molar-refractivity contribution in [3.63, 3.8) is 0 Å². The third-order valence-electron chi connectivity index (χ3n) is 2.68. The molecule has 1 heterocycles. The molecule has 0 spiro atoms. The van der Waals surface area contributed by atoms with Crippen molar-refractivity contribution < 1.29 is 18.3 Å². The molecule has 3 nitrogen and oxygen atoms in total. The van der Waals surface area contributed by atoms with Crippen LogP contribution in [-0.4, -0.2) is 21.1 Å². The van der Waals surface area contributed by atoms with E-state index >= 15 is 0 Å². The van der Waals surface area contributed by atoms with E-state index in [0.29, 0.717) is 0 Å². The quantitative estimate of drug-likeness (QED) is 0.921. The van der Waals surface area contributed by atoms with E-state index in [0.717, 1.165) is 11.1 Å². The van der Waals surface area contributed by atoms with E-state index in [1.807, 2.05) is 0 Å². The lowest BCUT2D eigenvalue weighted by molar-refractivity contribution is -0.136. The molecule has 19 heavy (non-hydrogen) atoms. The van der Waals surface area contributed by atoms with Crippen molar-refractivity contribution in [2.45, 2.75) is 25.6 Å². The summed E-state index contributed by atoms with van der Waals surface area (Å²) in [7, 11) is 0. The lowest BCUT2D eigenvalue weighted by atomic mass is 10.1. The maximum atomic E-state index is 12.0. The van der Waals surface area contributed by atoms with Gasteiger partial charge in [0.2, 0.25) is 0 Å². The number of halogens is 3. The Kier molecular flexibility index (Phi) is 3.78. The van der Waals surface area contributed by atoms with Gasteiger partial charge in [-0.1, -0.05) is 12.1 Å². The van der Waals surface area contributed by atoms with Crippen LogP contribution in [0.15, 0.2) is 36.7 Å². The highest BCUT2D eigenvalue weighted by molar-refractivity contribution is 5.62. The first-order valence-corrected chi connectivity index (χ1v) is 5.83. The van der Waals surface area contributed by atoms with Gasteiger partial charge in [0.05, 0.1) is 6.20 Å². The van der Waals surface area contributed by atoms with Crippen LogP contribution in [-0.2, 0) is 6.54 Å². The van der Waals surface area contributed by atoms with Crippen molar-refractivity contribution in [1.29, 1.82) is 0 Å². The summed E-state index contributed by atoms with van der Waals surface area (Å²) in [5.41, 5.74) is 1.67. The standard InChI is InChI=1S/C13H13F3N2O/c14-13(15,16)6-1-7-18-9-11(8-17-18)10-2-4-12(19)5-3-10/h2-5,8-9,19H,1,6-7H2. The highest BCUT2D eigenvalue weighted by atomic mass is 19.4. The Hall–Kier alpha value is -1.98. The average molecular weight is 270 g/mol. The molecule has 0 aliphatic rings. The molecule has 1 N–H and O–H groups in total. The number of hydrogen-bond acceptors (Lipinski definition) is 2. The van der Waals surface area contributed by atoms with Crippen LogP contribution >= 0.6 is 0 Å². The average Bonchev–Trinajstić information content (AvgIpc) is 2.77. The molecule has 0 radical (unpaired) electrons. The van der Waals surface area contributed by atoms with Crippen molar-refractivity contribution in [3.05, 3.63) is 36.7 Å². The second-order valence-electron chi connectivity index (χ2n) is 4.26. The number of benzene rings is 1. The molecular weight excluding hydrogens is 257 g/mol. The smallest absolute Gasteiger partial charge is 0.389 e. The summed E-state index contributed by atoms with van der Waals surface area (Å²) in [6.45, 7) is 0.234. The molecule has 6 heteroatoms. The summed E-state index contributed by atoms with van der Waals surface area (Å²) in [5.74, 6) is 0.168. The first-order valence-electron chi connectivity index (χ1n) is 5.83. The lowest BCUT2D eigenvalue weighted by Crippen LogP contribution is -2.09. The van der Waals surface area contributed by atoms with Crippen LogP contribution in [0, 0.1) is 0 Å². The minimum Gasteiger partial charge on any atom is -0.508 e. The molecule has 2 aromatic rings. The van der Waals surface area contributed by atoms with E-state index in [4.69, 9.17) is 0 Å². The number of nitrogens with zero attached hydrogens (tertiary/aromatic N) is 2. The molecule has 0 unspecified atom stereocenters. The summed E-state index contributed by atoms with van der Waals surface area (Å²) >= 11 is 0. The second kappa shape index (κ2) is 5.34. The van der Waals surface area contributed by atoms with Gasteiger partial charge in [0.1, 0.15) is 5.75 Å². The Labute approximate surface area is 108 Å². The number of alkyl halides is 3. The fraction of sp³-hybridized carbons (Fsp3) is 0.308. The first-order chi connectivity index (χ1) is 8.94. The molecule has 0 aliphatic heterocycles. The van der Waals surface area contributed by atoms with Crippen LogP contribution in [0.25, 0.3) is 11.1 Å². The molecule has 0 fully saturated rings. The van der Waals surface area contributed by atoms with Gasteiger partial charge < -0.3 is 5.11 Å². The molecule has 0 aliphatic carbocycles. The molecule has 0 bridgehead atoms. The van der Waals surface area contributed by atoms with Crippen LogP contribution in [0.2, 0.25) is 0 Å². The van der Waals surface area contributed by atoms with Crippen LogP contribution in [0.3, 0.4) is 0 Å². The molecule has 1 aromatic heterocycles. The fourth-order valence-electron chi connectivity index (χ4n) is 1.73. The van der Waals surface area contributed by atoms with Crippen LogP contribution in [0.5, 0.6) is 5.75 Å². The number of aromatic hydroxyl groups is 1. The number of phenols is 1. The second-order valence-corrected chi connectivity index (χ2v) is 4.26. The van der Waals surface area contributed by atoms with Crippen molar-refractivity contribution in [2.24, 2.45) is 0 Å². The van der Waals surface area contributed by atoms with Gasteiger partial charge in [-0.3, -0.25) is 4.68 Å². The van der Waals surface area contributed by atoms with Gasteiger partial charge in [0, 0.05) is 24.7 Å². The predicted octanol–water partition coefficient (Wildman–Crippen LogP) is 3.60. The Morgan fingerprint density at radius 3 is 2.42 bits per heavy atom. The summed E-state index contributed by atoms with van der Waals surface area (Å²) < 4.78 is 37.5. The Morgan fingerprint density at radius 1 is 1.11 bits per heavy atom. The number of hydrogen-bond donors (Lipinski definition) is 1. The van der Waals surface area contributed by atoms with Gasteiger partial charge in [-0.15, -0.1) is 0 Å². The molecule has 0 atom stereocenters. The zero-order valence-corrected chi connectivity index (χ0v) is 10.1. The summed E-state index contributed by atoms with van der Waals surface area (Å²) in [4.78, 5) is 0. The van der Waals surface area contributed by atoms with E-state index in [1.54, 1.807) is 36.7 Å². The zero-order chi connectivity index (χ0) is 13.9. The van der Waals surface area contributed by atoms with Crippen LogP contribution in [0.1, 0.15) is 12.8 Å². The maximum absolute atomic E-state index is 12.0. The number of aryl methyl sites for hydroxylation is 1. The topological polar surface area (TPSA) is 38.1 Å². The molecule has 0 amide bonds. The third-order valence-corrected chi connectivity index (χ3v) is 2.68. The molecule has 0 saturated carbocycles. The lowest BCUT2D eigenvalue weighted by Gasteiger charge is -2.05. The van der Waals surface area contributed by atoms with Crippen molar-refractivity contribution in [2.75, 3.05) is 0 Å². The van der Waals surface area contributed by atoms with Gasteiger partial charge >= 0.3 is 6.18 Å². The molecule has 0 saturated heterocycles. The normalized spacial score (nSPS) is 11.7. The zero-order valence-electron chi connectivity index (χ0n) is 10.1. The number of phenolic OH excluding ortho intramolecular Hbond substituents is 1. The number of rotatable bonds is 4. The van der Waals surface area contributed by atoms with Crippen molar-refractivity contribution in [3.8, 4) is 16.9 Å².